The minimum atomic E-state index is -0.699. The molecule has 1 rings (SSSR count). The molecule has 0 heterocycles. The first-order valence-electron chi connectivity index (χ1n) is 6.69. The predicted octanol–water partition coefficient (Wildman–Crippen LogP) is 3.71. The molecule has 0 fully saturated rings. The summed E-state index contributed by atoms with van der Waals surface area (Å²) in [4.78, 5) is 11.0. The third-order valence-corrected chi connectivity index (χ3v) is 3.05. The van der Waals surface area contributed by atoms with Gasteiger partial charge in [0.25, 0.3) is 0 Å². The van der Waals surface area contributed by atoms with Crippen molar-refractivity contribution < 1.29 is 14.3 Å². The SMILES string of the molecule is C=CCC(CCc1ccccc1)OC(CCl)OC(C)=O. The Morgan fingerprint density at radius 2 is 2.10 bits per heavy atom. The maximum atomic E-state index is 11.0. The number of rotatable bonds is 9. The first-order chi connectivity index (χ1) is 9.65. The summed E-state index contributed by atoms with van der Waals surface area (Å²) in [5.74, 6) is -0.269. The summed E-state index contributed by atoms with van der Waals surface area (Å²) in [6.07, 6.45) is 3.46. The van der Waals surface area contributed by atoms with Crippen LogP contribution in [0.4, 0.5) is 0 Å². The monoisotopic (exact) mass is 296 g/mol. The Labute approximate surface area is 125 Å². The van der Waals surface area contributed by atoms with Crippen LogP contribution >= 0.6 is 11.6 Å². The Balaban J connectivity index is 2.50. The lowest BCUT2D eigenvalue weighted by atomic mass is 10.1. The van der Waals surface area contributed by atoms with E-state index in [1.54, 1.807) is 6.08 Å². The molecule has 20 heavy (non-hydrogen) atoms. The summed E-state index contributed by atoms with van der Waals surface area (Å²) >= 11 is 5.74. The van der Waals surface area contributed by atoms with Gasteiger partial charge in [0.2, 0.25) is 6.29 Å². The minimum Gasteiger partial charge on any atom is -0.435 e. The quantitative estimate of drug-likeness (QED) is 0.302. The average Bonchev–Trinajstić information content (AvgIpc) is 2.44. The van der Waals surface area contributed by atoms with Crippen molar-refractivity contribution in [2.75, 3.05) is 5.88 Å². The number of benzene rings is 1. The third-order valence-electron chi connectivity index (χ3n) is 2.79. The van der Waals surface area contributed by atoms with Crippen molar-refractivity contribution in [2.24, 2.45) is 0 Å². The van der Waals surface area contributed by atoms with Gasteiger partial charge in [-0.15, -0.1) is 18.2 Å². The van der Waals surface area contributed by atoms with Crippen molar-refractivity contribution in [1.29, 1.82) is 0 Å². The van der Waals surface area contributed by atoms with E-state index in [1.165, 1.54) is 12.5 Å². The van der Waals surface area contributed by atoms with E-state index in [9.17, 15) is 4.79 Å². The number of hydrogen-bond acceptors (Lipinski definition) is 3. The van der Waals surface area contributed by atoms with Crippen LogP contribution in [0.25, 0.3) is 0 Å². The van der Waals surface area contributed by atoms with E-state index in [0.717, 1.165) is 12.8 Å². The maximum Gasteiger partial charge on any atom is 0.304 e. The smallest absolute Gasteiger partial charge is 0.304 e. The van der Waals surface area contributed by atoms with Crippen molar-refractivity contribution in [3.63, 3.8) is 0 Å². The first kappa shape index (κ1) is 16.7. The van der Waals surface area contributed by atoms with Crippen LogP contribution in [-0.2, 0) is 20.7 Å². The van der Waals surface area contributed by atoms with E-state index < -0.39 is 12.3 Å². The van der Waals surface area contributed by atoms with Crippen LogP contribution in [0.3, 0.4) is 0 Å². The summed E-state index contributed by atoms with van der Waals surface area (Å²) in [5, 5.41) is 0. The van der Waals surface area contributed by atoms with E-state index in [0.29, 0.717) is 6.42 Å². The Morgan fingerprint density at radius 1 is 1.40 bits per heavy atom. The normalized spacial score (nSPS) is 13.5. The number of halogens is 1. The highest BCUT2D eigenvalue weighted by atomic mass is 35.5. The second kappa shape index (κ2) is 9.56. The molecule has 0 bridgehead atoms. The molecule has 0 spiro atoms. The summed E-state index contributed by atoms with van der Waals surface area (Å²) < 4.78 is 10.7. The van der Waals surface area contributed by atoms with Gasteiger partial charge >= 0.3 is 5.97 Å². The van der Waals surface area contributed by atoms with Crippen LogP contribution < -0.4 is 0 Å². The fourth-order valence-electron chi connectivity index (χ4n) is 1.90. The van der Waals surface area contributed by atoms with Gasteiger partial charge in [-0.2, -0.15) is 0 Å². The van der Waals surface area contributed by atoms with Crippen LogP contribution in [0.5, 0.6) is 0 Å². The third kappa shape index (κ3) is 6.73. The summed E-state index contributed by atoms with van der Waals surface area (Å²) in [6.45, 7) is 5.07. The number of alkyl halides is 1. The molecule has 0 aromatic heterocycles. The average molecular weight is 297 g/mol. The molecule has 1 aromatic rings. The number of carbonyl (C=O) groups is 1. The molecule has 110 valence electrons. The molecule has 0 saturated heterocycles. The molecule has 2 unspecified atom stereocenters. The molecule has 0 saturated carbocycles. The van der Waals surface area contributed by atoms with E-state index in [2.05, 4.69) is 18.7 Å². The molecule has 0 aliphatic heterocycles. The molecule has 4 heteroatoms. The Hall–Kier alpha value is -1.32. The maximum absolute atomic E-state index is 11.0. The second-order valence-corrected chi connectivity index (χ2v) is 4.81. The number of aryl methyl sites for hydroxylation is 1. The van der Waals surface area contributed by atoms with Gasteiger partial charge in [-0.25, -0.2) is 0 Å². The number of hydrogen-bond donors (Lipinski definition) is 0. The zero-order valence-corrected chi connectivity index (χ0v) is 12.5. The molecule has 0 N–H and O–H groups in total. The summed E-state index contributed by atoms with van der Waals surface area (Å²) in [6, 6.07) is 10.2. The van der Waals surface area contributed by atoms with Crippen molar-refractivity contribution in [1.82, 2.24) is 0 Å². The molecule has 1 aromatic carbocycles. The first-order valence-corrected chi connectivity index (χ1v) is 7.22. The number of esters is 1. The lowest BCUT2D eigenvalue weighted by Gasteiger charge is -2.22. The molecule has 0 amide bonds. The van der Waals surface area contributed by atoms with Crippen molar-refractivity contribution in [3.8, 4) is 0 Å². The van der Waals surface area contributed by atoms with Gasteiger partial charge in [-0.05, 0) is 24.8 Å². The fraction of sp³-hybridized carbons (Fsp3) is 0.438. The lowest BCUT2D eigenvalue weighted by Crippen LogP contribution is -2.28. The summed E-state index contributed by atoms with van der Waals surface area (Å²) in [7, 11) is 0. The molecular weight excluding hydrogens is 276 g/mol. The van der Waals surface area contributed by atoms with E-state index >= 15 is 0 Å². The van der Waals surface area contributed by atoms with Crippen LogP contribution in [-0.4, -0.2) is 24.2 Å². The Bertz CT molecular complexity index is 405. The van der Waals surface area contributed by atoms with Gasteiger partial charge in [0, 0.05) is 6.92 Å². The second-order valence-electron chi connectivity index (χ2n) is 4.50. The number of carbonyl (C=O) groups excluding carboxylic acids is 1. The van der Waals surface area contributed by atoms with Gasteiger partial charge in [0.05, 0.1) is 12.0 Å². The van der Waals surface area contributed by atoms with Gasteiger partial charge in [0.15, 0.2) is 0 Å². The fourth-order valence-corrected chi connectivity index (χ4v) is 2.03. The predicted molar refractivity (Wildman–Crippen MR) is 80.7 cm³/mol. The van der Waals surface area contributed by atoms with Crippen LogP contribution in [0.1, 0.15) is 25.3 Å². The van der Waals surface area contributed by atoms with Gasteiger partial charge in [-0.1, -0.05) is 36.4 Å². The van der Waals surface area contributed by atoms with Crippen molar-refractivity contribution in [2.45, 2.75) is 38.6 Å². The highest BCUT2D eigenvalue weighted by molar-refractivity contribution is 6.18. The van der Waals surface area contributed by atoms with Crippen LogP contribution in [0, 0.1) is 0 Å². The van der Waals surface area contributed by atoms with Crippen LogP contribution in [0.2, 0.25) is 0 Å². The molecule has 0 aliphatic rings. The van der Waals surface area contributed by atoms with E-state index in [-0.39, 0.29) is 12.0 Å². The van der Waals surface area contributed by atoms with Crippen LogP contribution in [0.15, 0.2) is 43.0 Å². The molecule has 0 radical (unpaired) electrons. The van der Waals surface area contributed by atoms with Gasteiger partial charge in [0.1, 0.15) is 0 Å². The Kier molecular flexibility index (Phi) is 8.00. The molecule has 2 atom stereocenters. The number of ether oxygens (including phenoxy) is 2. The van der Waals surface area contributed by atoms with Crippen molar-refractivity contribution >= 4 is 17.6 Å². The van der Waals surface area contributed by atoms with Gasteiger partial charge in [-0.3, -0.25) is 4.79 Å². The summed E-state index contributed by atoms with van der Waals surface area (Å²) in [5.41, 5.74) is 1.25. The topological polar surface area (TPSA) is 35.5 Å². The zero-order chi connectivity index (χ0) is 14.8. The van der Waals surface area contributed by atoms with E-state index in [4.69, 9.17) is 21.1 Å². The molecule has 3 nitrogen and oxygen atoms in total. The molecular formula is C16H21ClO3. The molecule has 0 aliphatic carbocycles. The highest BCUT2D eigenvalue weighted by Crippen LogP contribution is 2.14. The largest absolute Gasteiger partial charge is 0.435 e. The standard InChI is InChI=1S/C16H21ClO3/c1-3-7-15(20-16(12-17)19-13(2)18)11-10-14-8-5-4-6-9-14/h3-6,8-9,15-16H,1,7,10-12H2,2H3. The van der Waals surface area contributed by atoms with Crippen molar-refractivity contribution in [3.05, 3.63) is 48.6 Å². The lowest BCUT2D eigenvalue weighted by molar-refractivity contribution is -0.181. The van der Waals surface area contributed by atoms with Gasteiger partial charge < -0.3 is 9.47 Å². The Morgan fingerprint density at radius 3 is 2.65 bits per heavy atom. The zero-order valence-electron chi connectivity index (χ0n) is 11.8. The highest BCUT2D eigenvalue weighted by Gasteiger charge is 2.17. The van der Waals surface area contributed by atoms with E-state index in [1.807, 2.05) is 18.2 Å². The minimum absolute atomic E-state index is 0.0594.